The van der Waals surface area contributed by atoms with Gasteiger partial charge in [0.15, 0.2) is 0 Å². The van der Waals surface area contributed by atoms with E-state index in [0.717, 1.165) is 33.4 Å². The monoisotopic (exact) mass is 401 g/mol. The largest absolute Gasteiger partial charge is 0.381 e. The Morgan fingerprint density at radius 2 is 1.90 bits per heavy atom. The van der Waals surface area contributed by atoms with Crippen LogP contribution in [0.2, 0.25) is 0 Å². The summed E-state index contributed by atoms with van der Waals surface area (Å²) in [6.07, 6.45) is 3.49. The molecule has 0 bridgehead atoms. The van der Waals surface area contributed by atoms with Crippen molar-refractivity contribution < 1.29 is 9.18 Å². The Kier molecular flexibility index (Phi) is 5.26. The van der Waals surface area contributed by atoms with E-state index in [2.05, 4.69) is 27.3 Å². The molecule has 6 nitrogen and oxygen atoms in total. The minimum atomic E-state index is -0.284. The Morgan fingerprint density at radius 1 is 1.10 bits per heavy atom. The maximum atomic E-state index is 13.2. The van der Waals surface area contributed by atoms with Crippen molar-refractivity contribution in [1.82, 2.24) is 20.1 Å². The number of nitrogens with zero attached hydrogens (tertiary/aromatic N) is 3. The summed E-state index contributed by atoms with van der Waals surface area (Å²) in [5.41, 5.74) is 4.34. The van der Waals surface area contributed by atoms with Crippen LogP contribution >= 0.6 is 0 Å². The maximum Gasteiger partial charge on any atom is 0.222 e. The first-order valence-corrected chi connectivity index (χ1v) is 9.39. The molecular formula is C23H20FN5O. The SMILES string of the molecule is C=C(NCc1ccc(NC(C)=O)nc1)c1cccc2c1cnn2-c1ccc(F)cc1. The standard InChI is InChI=1S/C23H20FN5O/c1-15(25-12-17-6-11-23(26-13-17)28-16(2)30)20-4-3-5-22-21(20)14-27-29(22)19-9-7-18(24)8-10-19/h3-11,13-14,25H,1,12H2,2H3,(H,26,28,30). The first-order chi connectivity index (χ1) is 14.5. The predicted molar refractivity (Wildman–Crippen MR) is 115 cm³/mol. The van der Waals surface area contributed by atoms with Gasteiger partial charge in [0.1, 0.15) is 11.6 Å². The molecule has 2 N–H and O–H groups in total. The molecule has 0 saturated carbocycles. The van der Waals surface area contributed by atoms with Crippen molar-refractivity contribution in [2.45, 2.75) is 13.5 Å². The Hall–Kier alpha value is -4.00. The van der Waals surface area contributed by atoms with Crippen molar-refractivity contribution in [2.75, 3.05) is 5.32 Å². The number of benzene rings is 2. The summed E-state index contributed by atoms with van der Waals surface area (Å²) in [6, 6.07) is 15.8. The number of hydrogen-bond donors (Lipinski definition) is 2. The fourth-order valence-corrected chi connectivity index (χ4v) is 3.19. The second kappa shape index (κ2) is 8.16. The van der Waals surface area contributed by atoms with Crippen LogP contribution in [0.4, 0.5) is 10.2 Å². The number of fused-ring (bicyclic) bond motifs is 1. The third-order valence-corrected chi connectivity index (χ3v) is 4.64. The predicted octanol–water partition coefficient (Wildman–Crippen LogP) is 4.28. The second-order valence-corrected chi connectivity index (χ2v) is 6.84. The van der Waals surface area contributed by atoms with Gasteiger partial charge in [-0.2, -0.15) is 5.10 Å². The van der Waals surface area contributed by atoms with Crippen LogP contribution in [-0.2, 0) is 11.3 Å². The van der Waals surface area contributed by atoms with Crippen molar-refractivity contribution in [3.05, 3.63) is 90.5 Å². The molecule has 7 heteroatoms. The molecular weight excluding hydrogens is 381 g/mol. The van der Waals surface area contributed by atoms with Crippen LogP contribution < -0.4 is 10.6 Å². The average Bonchev–Trinajstić information content (AvgIpc) is 3.17. The summed E-state index contributed by atoms with van der Waals surface area (Å²) < 4.78 is 15.0. The van der Waals surface area contributed by atoms with Gasteiger partial charge in [0.25, 0.3) is 0 Å². The van der Waals surface area contributed by atoms with Crippen LogP contribution in [0.25, 0.3) is 22.3 Å². The quantitative estimate of drug-likeness (QED) is 0.506. The first-order valence-electron chi connectivity index (χ1n) is 9.39. The minimum absolute atomic E-state index is 0.156. The average molecular weight is 401 g/mol. The van der Waals surface area contributed by atoms with Crippen molar-refractivity contribution in [3.63, 3.8) is 0 Å². The molecule has 0 radical (unpaired) electrons. The van der Waals surface area contributed by atoms with E-state index in [1.54, 1.807) is 35.3 Å². The number of rotatable bonds is 6. The van der Waals surface area contributed by atoms with E-state index in [4.69, 9.17) is 0 Å². The van der Waals surface area contributed by atoms with Crippen molar-refractivity contribution in [3.8, 4) is 5.69 Å². The van der Waals surface area contributed by atoms with E-state index in [-0.39, 0.29) is 11.7 Å². The summed E-state index contributed by atoms with van der Waals surface area (Å²) in [7, 11) is 0. The Bertz CT molecular complexity index is 1210. The zero-order chi connectivity index (χ0) is 21.1. The summed E-state index contributed by atoms with van der Waals surface area (Å²) in [5, 5.41) is 11.4. The van der Waals surface area contributed by atoms with Gasteiger partial charge in [-0.25, -0.2) is 14.1 Å². The fraction of sp³-hybridized carbons (Fsp3) is 0.0870. The number of pyridine rings is 1. The number of amides is 1. The molecule has 30 heavy (non-hydrogen) atoms. The Labute approximate surface area is 173 Å². The van der Waals surface area contributed by atoms with Gasteiger partial charge in [-0.15, -0.1) is 0 Å². The highest BCUT2D eigenvalue weighted by Gasteiger charge is 2.11. The highest BCUT2D eigenvalue weighted by Crippen LogP contribution is 2.25. The Morgan fingerprint density at radius 3 is 2.60 bits per heavy atom. The lowest BCUT2D eigenvalue weighted by Gasteiger charge is -2.12. The van der Waals surface area contributed by atoms with Gasteiger partial charge in [-0.05, 0) is 42.0 Å². The van der Waals surface area contributed by atoms with Crippen LogP contribution in [0.5, 0.6) is 0 Å². The molecule has 2 aromatic heterocycles. The molecule has 150 valence electrons. The third kappa shape index (κ3) is 4.05. The van der Waals surface area contributed by atoms with Crippen LogP contribution in [0.3, 0.4) is 0 Å². The lowest BCUT2D eigenvalue weighted by molar-refractivity contribution is -0.114. The lowest BCUT2D eigenvalue weighted by atomic mass is 10.1. The van der Waals surface area contributed by atoms with Crippen LogP contribution in [0.15, 0.2) is 73.6 Å². The molecule has 0 aliphatic carbocycles. The van der Waals surface area contributed by atoms with Gasteiger partial charge in [-0.1, -0.05) is 24.8 Å². The van der Waals surface area contributed by atoms with Gasteiger partial charge < -0.3 is 10.6 Å². The number of nitrogens with one attached hydrogen (secondary N) is 2. The van der Waals surface area contributed by atoms with Crippen molar-refractivity contribution in [2.24, 2.45) is 0 Å². The van der Waals surface area contributed by atoms with E-state index in [0.29, 0.717) is 12.4 Å². The third-order valence-electron chi connectivity index (χ3n) is 4.64. The van der Waals surface area contributed by atoms with Gasteiger partial charge >= 0.3 is 0 Å². The number of anilines is 1. The molecule has 2 heterocycles. The van der Waals surface area contributed by atoms with Crippen LogP contribution in [0.1, 0.15) is 18.1 Å². The molecule has 0 unspecified atom stereocenters. The minimum Gasteiger partial charge on any atom is -0.381 e. The second-order valence-electron chi connectivity index (χ2n) is 6.84. The highest BCUT2D eigenvalue weighted by molar-refractivity contribution is 5.91. The maximum absolute atomic E-state index is 13.2. The molecule has 0 atom stereocenters. The van der Waals surface area contributed by atoms with Crippen LogP contribution in [0, 0.1) is 5.82 Å². The number of aromatic nitrogens is 3. The summed E-state index contributed by atoms with van der Waals surface area (Å²) in [4.78, 5) is 15.3. The zero-order valence-electron chi connectivity index (χ0n) is 16.4. The van der Waals surface area contributed by atoms with E-state index in [9.17, 15) is 9.18 Å². The summed E-state index contributed by atoms with van der Waals surface area (Å²) in [5.74, 6) is 0.0761. The molecule has 0 aliphatic heterocycles. The van der Waals surface area contributed by atoms with Gasteiger partial charge in [-0.3, -0.25) is 4.79 Å². The molecule has 4 aromatic rings. The van der Waals surface area contributed by atoms with E-state index in [1.165, 1.54) is 19.1 Å². The zero-order valence-corrected chi connectivity index (χ0v) is 16.4. The molecule has 0 spiro atoms. The van der Waals surface area contributed by atoms with Gasteiger partial charge in [0.05, 0.1) is 17.4 Å². The smallest absolute Gasteiger partial charge is 0.222 e. The lowest BCUT2D eigenvalue weighted by Crippen LogP contribution is -2.12. The number of carbonyl (C=O) groups is 1. The molecule has 0 aliphatic rings. The topological polar surface area (TPSA) is 71.8 Å². The molecule has 2 aromatic carbocycles. The van der Waals surface area contributed by atoms with Gasteiger partial charge in [0, 0.05) is 36.3 Å². The molecule has 0 fully saturated rings. The van der Waals surface area contributed by atoms with E-state index in [1.807, 2.05) is 24.3 Å². The Balaban J connectivity index is 1.52. The normalized spacial score (nSPS) is 10.7. The summed E-state index contributed by atoms with van der Waals surface area (Å²) in [6.45, 7) is 6.15. The van der Waals surface area contributed by atoms with Gasteiger partial charge in [0.2, 0.25) is 5.91 Å². The molecule has 4 rings (SSSR count). The van der Waals surface area contributed by atoms with E-state index >= 15 is 0 Å². The van der Waals surface area contributed by atoms with Crippen LogP contribution in [-0.4, -0.2) is 20.7 Å². The number of halogens is 1. The summed E-state index contributed by atoms with van der Waals surface area (Å²) >= 11 is 0. The molecule has 0 saturated heterocycles. The number of hydrogen-bond acceptors (Lipinski definition) is 4. The highest BCUT2D eigenvalue weighted by atomic mass is 19.1. The van der Waals surface area contributed by atoms with E-state index < -0.39 is 0 Å². The van der Waals surface area contributed by atoms with Crippen molar-refractivity contribution in [1.29, 1.82) is 0 Å². The fourth-order valence-electron chi connectivity index (χ4n) is 3.19. The first kappa shape index (κ1) is 19.3. The molecule has 1 amide bonds. The number of carbonyl (C=O) groups excluding carboxylic acids is 1. The van der Waals surface area contributed by atoms with Crippen molar-refractivity contribution >= 4 is 28.3 Å².